The molecule has 8 heteroatoms. The summed E-state index contributed by atoms with van der Waals surface area (Å²) < 4.78 is 33.3. The second-order valence-electron chi connectivity index (χ2n) is 6.49. The molecule has 0 unspecified atom stereocenters. The van der Waals surface area contributed by atoms with Crippen LogP contribution in [0.2, 0.25) is 0 Å². The first-order valence-corrected chi connectivity index (χ1v) is 9.21. The summed E-state index contributed by atoms with van der Waals surface area (Å²) in [5.41, 5.74) is 1.93. The summed E-state index contributed by atoms with van der Waals surface area (Å²) in [4.78, 5) is 13.3. The van der Waals surface area contributed by atoms with E-state index in [0.29, 0.717) is 39.4 Å². The molecule has 0 aliphatic carbocycles. The van der Waals surface area contributed by atoms with Crippen molar-refractivity contribution in [3.05, 3.63) is 66.5 Å². The van der Waals surface area contributed by atoms with Gasteiger partial charge in [-0.3, -0.25) is 4.98 Å². The van der Waals surface area contributed by atoms with Gasteiger partial charge in [-0.15, -0.1) is 0 Å². The van der Waals surface area contributed by atoms with E-state index in [1.54, 1.807) is 30.6 Å². The van der Waals surface area contributed by atoms with Crippen LogP contribution in [0.4, 0.5) is 14.6 Å². The van der Waals surface area contributed by atoms with Crippen LogP contribution in [0.15, 0.2) is 54.9 Å². The van der Waals surface area contributed by atoms with Gasteiger partial charge in [-0.05, 0) is 42.0 Å². The van der Waals surface area contributed by atoms with Gasteiger partial charge >= 0.3 is 0 Å². The van der Waals surface area contributed by atoms with Crippen LogP contribution in [0.25, 0.3) is 33.4 Å². The highest BCUT2D eigenvalue weighted by atomic mass is 19.1. The van der Waals surface area contributed by atoms with E-state index in [9.17, 15) is 13.9 Å². The number of hydrogen-bond acceptors (Lipinski definition) is 6. The maximum atomic E-state index is 14.4. The van der Waals surface area contributed by atoms with Crippen LogP contribution in [-0.2, 0) is 0 Å². The third-order valence-corrected chi connectivity index (χ3v) is 4.55. The first-order valence-electron chi connectivity index (χ1n) is 9.21. The van der Waals surface area contributed by atoms with Gasteiger partial charge in [0.2, 0.25) is 0 Å². The second kappa shape index (κ2) is 8.38. The molecule has 0 amide bonds. The average Bonchev–Trinajstić information content (AvgIpc) is 2.77. The number of ether oxygens (including phenoxy) is 1. The predicted molar refractivity (Wildman–Crippen MR) is 110 cm³/mol. The molecule has 2 aromatic heterocycles. The van der Waals surface area contributed by atoms with Gasteiger partial charge in [0.05, 0.1) is 13.7 Å². The van der Waals surface area contributed by atoms with Gasteiger partial charge in [0, 0.05) is 41.5 Å². The molecule has 152 valence electrons. The van der Waals surface area contributed by atoms with Gasteiger partial charge in [-0.1, -0.05) is 0 Å². The molecule has 6 nitrogen and oxygen atoms in total. The van der Waals surface area contributed by atoms with Crippen molar-refractivity contribution in [3.63, 3.8) is 0 Å². The number of aliphatic hydroxyl groups excluding tert-OH is 1. The van der Waals surface area contributed by atoms with Crippen LogP contribution in [0.1, 0.15) is 0 Å². The smallest absolute Gasteiger partial charge is 0.163 e. The minimum absolute atomic E-state index is 0.100. The second-order valence-corrected chi connectivity index (χ2v) is 6.49. The number of nitrogens with zero attached hydrogens (tertiary/aromatic N) is 3. The van der Waals surface area contributed by atoms with Crippen molar-refractivity contribution in [1.29, 1.82) is 0 Å². The third-order valence-electron chi connectivity index (χ3n) is 4.55. The van der Waals surface area contributed by atoms with E-state index in [4.69, 9.17) is 4.74 Å². The van der Waals surface area contributed by atoms with E-state index in [1.165, 1.54) is 19.2 Å². The minimum Gasteiger partial charge on any atom is -0.494 e. The SMILES string of the molecule is COc1cc(-c2ccc(F)cc2F)cc2c(NCCO)nc(-c3cccnc3)nc12. The Balaban J connectivity index is 1.97. The Hall–Kier alpha value is -3.65. The molecule has 0 spiro atoms. The molecule has 2 aromatic carbocycles. The quantitative estimate of drug-likeness (QED) is 0.501. The lowest BCUT2D eigenvalue weighted by Crippen LogP contribution is -2.09. The Kier molecular flexibility index (Phi) is 5.49. The largest absolute Gasteiger partial charge is 0.494 e. The van der Waals surface area contributed by atoms with Crippen LogP contribution in [0.3, 0.4) is 0 Å². The van der Waals surface area contributed by atoms with Crippen LogP contribution in [0.5, 0.6) is 5.75 Å². The predicted octanol–water partition coefficient (Wildman–Crippen LogP) is 4.05. The Morgan fingerprint density at radius 1 is 1.07 bits per heavy atom. The topological polar surface area (TPSA) is 80.2 Å². The average molecular weight is 408 g/mol. The maximum Gasteiger partial charge on any atom is 0.163 e. The summed E-state index contributed by atoms with van der Waals surface area (Å²) in [7, 11) is 1.49. The number of halogens is 2. The van der Waals surface area contributed by atoms with Gasteiger partial charge in [-0.25, -0.2) is 18.7 Å². The molecule has 0 aliphatic rings. The fraction of sp³-hybridized carbons (Fsp3) is 0.136. The number of benzene rings is 2. The van der Waals surface area contributed by atoms with E-state index in [2.05, 4.69) is 20.3 Å². The maximum absolute atomic E-state index is 14.4. The Morgan fingerprint density at radius 3 is 2.63 bits per heavy atom. The number of aliphatic hydroxyl groups is 1. The van der Waals surface area contributed by atoms with Gasteiger partial charge in [0.25, 0.3) is 0 Å². The Morgan fingerprint density at radius 2 is 1.93 bits per heavy atom. The Bertz CT molecular complexity index is 1200. The summed E-state index contributed by atoms with van der Waals surface area (Å²) in [6.07, 6.45) is 3.30. The highest BCUT2D eigenvalue weighted by Gasteiger charge is 2.17. The fourth-order valence-electron chi connectivity index (χ4n) is 3.17. The molecule has 0 saturated heterocycles. The minimum atomic E-state index is -0.686. The molecular weight excluding hydrogens is 390 g/mol. The molecule has 2 N–H and O–H groups in total. The van der Waals surface area contributed by atoms with E-state index in [1.807, 2.05) is 6.07 Å². The van der Waals surface area contributed by atoms with Crippen molar-refractivity contribution in [1.82, 2.24) is 15.0 Å². The molecule has 4 aromatic rings. The fourth-order valence-corrected chi connectivity index (χ4v) is 3.17. The Labute approximate surface area is 171 Å². The van der Waals surface area contributed by atoms with Crippen molar-refractivity contribution in [2.75, 3.05) is 25.6 Å². The molecule has 0 aliphatic heterocycles. The van der Waals surface area contributed by atoms with Crippen molar-refractivity contribution >= 4 is 16.7 Å². The van der Waals surface area contributed by atoms with E-state index in [0.717, 1.165) is 6.07 Å². The van der Waals surface area contributed by atoms with Crippen molar-refractivity contribution in [2.24, 2.45) is 0 Å². The zero-order valence-corrected chi connectivity index (χ0v) is 16.1. The number of pyridine rings is 1. The molecular formula is C22H18F2N4O2. The zero-order valence-electron chi connectivity index (χ0n) is 16.1. The number of fused-ring (bicyclic) bond motifs is 1. The normalized spacial score (nSPS) is 10.9. The molecule has 30 heavy (non-hydrogen) atoms. The first kappa shape index (κ1) is 19.7. The van der Waals surface area contributed by atoms with Crippen LogP contribution in [-0.4, -0.2) is 40.3 Å². The molecule has 2 heterocycles. The number of hydrogen-bond donors (Lipinski definition) is 2. The van der Waals surface area contributed by atoms with Gasteiger partial charge in [0.15, 0.2) is 5.82 Å². The van der Waals surface area contributed by atoms with Gasteiger partial charge in [-0.2, -0.15) is 0 Å². The van der Waals surface area contributed by atoms with Crippen molar-refractivity contribution in [3.8, 4) is 28.3 Å². The molecule has 0 bridgehead atoms. The lowest BCUT2D eigenvalue weighted by atomic mass is 10.0. The molecule has 0 fully saturated rings. The zero-order chi connectivity index (χ0) is 21.1. The van der Waals surface area contributed by atoms with E-state index < -0.39 is 11.6 Å². The van der Waals surface area contributed by atoms with E-state index in [-0.39, 0.29) is 18.7 Å². The van der Waals surface area contributed by atoms with Crippen molar-refractivity contribution < 1.29 is 18.6 Å². The number of rotatable bonds is 6. The number of nitrogens with one attached hydrogen (secondary N) is 1. The summed E-state index contributed by atoms with van der Waals surface area (Å²) in [6.45, 7) is 0.160. The molecule has 0 atom stereocenters. The van der Waals surface area contributed by atoms with Crippen LogP contribution >= 0.6 is 0 Å². The van der Waals surface area contributed by atoms with Gasteiger partial charge < -0.3 is 15.2 Å². The third kappa shape index (κ3) is 3.77. The van der Waals surface area contributed by atoms with Gasteiger partial charge in [0.1, 0.15) is 28.7 Å². The standard InChI is InChI=1S/C22H18F2N4O2/c1-30-19-10-14(16-5-4-15(23)11-18(16)24)9-17-20(19)27-21(13-3-2-6-25-12-13)28-22(17)26-7-8-29/h2-6,9-12,29H,7-8H2,1H3,(H,26,27,28). The lowest BCUT2D eigenvalue weighted by molar-refractivity contribution is 0.311. The van der Waals surface area contributed by atoms with Crippen molar-refractivity contribution in [2.45, 2.75) is 0 Å². The molecule has 0 radical (unpaired) electrons. The molecule has 4 rings (SSSR count). The molecule has 0 saturated carbocycles. The highest BCUT2D eigenvalue weighted by molar-refractivity contribution is 5.97. The lowest BCUT2D eigenvalue weighted by Gasteiger charge is -2.14. The number of methoxy groups -OCH3 is 1. The summed E-state index contributed by atoms with van der Waals surface area (Å²) in [5, 5.41) is 12.9. The van der Waals surface area contributed by atoms with Crippen LogP contribution in [0, 0.1) is 11.6 Å². The highest BCUT2D eigenvalue weighted by Crippen LogP contribution is 2.36. The monoisotopic (exact) mass is 408 g/mol. The van der Waals surface area contributed by atoms with E-state index >= 15 is 0 Å². The number of aromatic nitrogens is 3. The first-order chi connectivity index (χ1) is 14.6. The summed E-state index contributed by atoms with van der Waals surface area (Å²) in [5.74, 6) is -0.0515. The number of anilines is 1. The summed E-state index contributed by atoms with van der Waals surface area (Å²) >= 11 is 0. The van der Waals surface area contributed by atoms with Crippen LogP contribution < -0.4 is 10.1 Å². The summed E-state index contributed by atoms with van der Waals surface area (Å²) in [6, 6.07) is 10.4.